The largest absolute Gasteiger partial charge is 0.478 e. The summed E-state index contributed by atoms with van der Waals surface area (Å²) in [6, 6.07) is 6.41. The van der Waals surface area contributed by atoms with Gasteiger partial charge in [0.25, 0.3) is 0 Å². The Bertz CT molecular complexity index is 779. The monoisotopic (exact) mass is 362 g/mol. The van der Waals surface area contributed by atoms with Crippen molar-refractivity contribution in [2.24, 2.45) is 0 Å². The molecule has 3 N–H and O–H groups in total. The van der Waals surface area contributed by atoms with Gasteiger partial charge in [-0.15, -0.1) is 0 Å². The van der Waals surface area contributed by atoms with Crippen molar-refractivity contribution >= 4 is 29.3 Å². The van der Waals surface area contributed by atoms with Crippen molar-refractivity contribution in [3.63, 3.8) is 0 Å². The summed E-state index contributed by atoms with van der Waals surface area (Å²) < 4.78 is 5.70. The zero-order chi connectivity index (χ0) is 18.0. The van der Waals surface area contributed by atoms with Crippen molar-refractivity contribution in [2.45, 2.75) is 19.4 Å². The van der Waals surface area contributed by atoms with Gasteiger partial charge in [0.15, 0.2) is 0 Å². The quantitative estimate of drug-likeness (QED) is 0.865. The molecule has 3 rings (SSSR count). The number of carboxylic acids is 1. The van der Waals surface area contributed by atoms with Crippen LogP contribution in [-0.4, -0.2) is 40.8 Å². The maximum atomic E-state index is 11.7. The number of ether oxygens (including phenoxy) is 1. The van der Waals surface area contributed by atoms with Crippen LogP contribution in [0, 0.1) is 6.92 Å². The highest BCUT2D eigenvalue weighted by molar-refractivity contribution is 6.31. The lowest BCUT2D eigenvalue weighted by Gasteiger charge is -2.31. The normalized spacial score (nSPS) is 18.0. The third-order valence-corrected chi connectivity index (χ3v) is 4.33. The zero-order valence-corrected chi connectivity index (χ0v) is 14.5. The first-order valence-corrected chi connectivity index (χ1v) is 8.32. The fraction of sp³-hybridized carbons (Fsp3) is 0.353. The molecule has 7 nitrogen and oxygen atoms in total. The summed E-state index contributed by atoms with van der Waals surface area (Å²) in [4.78, 5) is 22.1. The van der Waals surface area contributed by atoms with Crippen LogP contribution in [0.4, 0.5) is 11.8 Å². The minimum atomic E-state index is -1.03. The summed E-state index contributed by atoms with van der Waals surface area (Å²) in [5.74, 6) is -0.180. The Morgan fingerprint density at radius 3 is 2.92 bits per heavy atom. The number of aryl methyl sites for hydroxylation is 1. The van der Waals surface area contributed by atoms with Crippen LogP contribution in [0.25, 0.3) is 0 Å². The number of nitrogens with two attached hydrogens (primary N) is 1. The molecule has 8 heteroatoms. The van der Waals surface area contributed by atoms with E-state index >= 15 is 0 Å². The number of nitrogen functional groups attached to an aromatic ring is 1. The summed E-state index contributed by atoms with van der Waals surface area (Å²) >= 11 is 5.98. The van der Waals surface area contributed by atoms with E-state index in [9.17, 15) is 9.90 Å². The van der Waals surface area contributed by atoms with Crippen LogP contribution >= 0.6 is 11.6 Å². The van der Waals surface area contributed by atoms with Gasteiger partial charge in [-0.05, 0) is 31.0 Å². The minimum absolute atomic E-state index is 0.159. The maximum Gasteiger partial charge on any atom is 0.336 e. The highest BCUT2D eigenvalue weighted by Crippen LogP contribution is 2.32. The van der Waals surface area contributed by atoms with Crippen LogP contribution in [0.2, 0.25) is 5.02 Å². The first-order chi connectivity index (χ1) is 12.0. The van der Waals surface area contributed by atoms with Gasteiger partial charge >= 0.3 is 5.97 Å². The van der Waals surface area contributed by atoms with Crippen LogP contribution in [0.15, 0.2) is 24.3 Å². The van der Waals surface area contributed by atoms with Crippen molar-refractivity contribution in [1.82, 2.24) is 9.97 Å². The highest BCUT2D eigenvalue weighted by atomic mass is 35.5. The Hall–Kier alpha value is -2.38. The first kappa shape index (κ1) is 17.4. The number of benzene rings is 1. The third kappa shape index (κ3) is 3.83. The summed E-state index contributed by atoms with van der Waals surface area (Å²) in [6.07, 6.45) is 0.801. The summed E-state index contributed by atoms with van der Waals surface area (Å²) in [6.45, 7) is 3.46. The Morgan fingerprint density at radius 1 is 1.40 bits per heavy atom. The number of carboxylic acid groups (broad SMARTS) is 1. The molecule has 132 valence electrons. The summed E-state index contributed by atoms with van der Waals surface area (Å²) in [7, 11) is 0. The average Bonchev–Trinajstić information content (AvgIpc) is 2.79. The molecule has 1 aromatic heterocycles. The topological polar surface area (TPSA) is 102 Å². The number of aromatic nitrogens is 2. The molecule has 25 heavy (non-hydrogen) atoms. The van der Waals surface area contributed by atoms with E-state index in [0.29, 0.717) is 36.2 Å². The molecular weight excluding hydrogens is 344 g/mol. The molecule has 1 aromatic carbocycles. The predicted molar refractivity (Wildman–Crippen MR) is 95.1 cm³/mol. The molecule has 1 aliphatic heterocycles. The standard InChI is InChI=1S/C17H19ClN4O3/c1-10-7-15(21-17(19)20-10)22-5-2-6-25-9-14(22)12-4-3-11(18)8-13(12)16(23)24/h3-4,7-8,14H,2,5-6,9H2,1H3,(H,23,24)(H2,19,20,21). The Balaban J connectivity index is 2.09. The number of aromatic carboxylic acids is 1. The van der Waals surface area contributed by atoms with Gasteiger partial charge in [0.2, 0.25) is 5.95 Å². The molecule has 0 amide bonds. The molecule has 0 radical (unpaired) electrons. The van der Waals surface area contributed by atoms with E-state index in [1.807, 2.05) is 17.9 Å². The van der Waals surface area contributed by atoms with Crippen LogP contribution in [0.5, 0.6) is 0 Å². The number of carbonyl (C=O) groups is 1. The van der Waals surface area contributed by atoms with Gasteiger partial charge in [0.05, 0.1) is 18.2 Å². The molecule has 0 bridgehead atoms. The molecule has 0 saturated carbocycles. The van der Waals surface area contributed by atoms with Gasteiger partial charge in [-0.25, -0.2) is 9.78 Å². The molecule has 1 aliphatic rings. The van der Waals surface area contributed by atoms with Crippen LogP contribution in [0.1, 0.15) is 34.1 Å². The lowest BCUT2D eigenvalue weighted by molar-refractivity contribution is 0.0693. The van der Waals surface area contributed by atoms with E-state index in [0.717, 1.165) is 12.1 Å². The van der Waals surface area contributed by atoms with Gasteiger partial charge in [-0.2, -0.15) is 4.98 Å². The number of hydrogen-bond acceptors (Lipinski definition) is 6. The van der Waals surface area contributed by atoms with Crippen molar-refractivity contribution in [2.75, 3.05) is 30.4 Å². The molecule has 1 fully saturated rings. The first-order valence-electron chi connectivity index (χ1n) is 7.94. The Labute approximate surface area is 150 Å². The van der Waals surface area contributed by atoms with E-state index in [1.165, 1.54) is 6.07 Å². The van der Waals surface area contributed by atoms with E-state index in [-0.39, 0.29) is 17.6 Å². The second kappa shape index (κ2) is 7.25. The van der Waals surface area contributed by atoms with Crippen LogP contribution in [0.3, 0.4) is 0 Å². The van der Waals surface area contributed by atoms with Crippen molar-refractivity contribution in [3.8, 4) is 0 Å². The van der Waals surface area contributed by atoms with Gasteiger partial charge in [-0.3, -0.25) is 0 Å². The number of nitrogens with zero attached hydrogens (tertiary/aromatic N) is 3. The van der Waals surface area contributed by atoms with E-state index in [2.05, 4.69) is 9.97 Å². The van der Waals surface area contributed by atoms with Gasteiger partial charge in [0, 0.05) is 29.9 Å². The molecule has 0 spiro atoms. The highest BCUT2D eigenvalue weighted by Gasteiger charge is 2.28. The van der Waals surface area contributed by atoms with E-state index in [4.69, 9.17) is 22.1 Å². The fourth-order valence-electron chi connectivity index (χ4n) is 3.04. The second-order valence-corrected chi connectivity index (χ2v) is 6.34. The smallest absolute Gasteiger partial charge is 0.336 e. The Morgan fingerprint density at radius 2 is 2.20 bits per heavy atom. The fourth-order valence-corrected chi connectivity index (χ4v) is 3.21. The second-order valence-electron chi connectivity index (χ2n) is 5.90. The zero-order valence-electron chi connectivity index (χ0n) is 13.8. The van der Waals surface area contributed by atoms with Crippen LogP contribution < -0.4 is 10.6 Å². The average molecular weight is 363 g/mol. The third-order valence-electron chi connectivity index (χ3n) is 4.10. The molecule has 1 unspecified atom stereocenters. The van der Waals surface area contributed by atoms with Gasteiger partial charge < -0.3 is 20.5 Å². The number of anilines is 2. The molecule has 1 saturated heterocycles. The van der Waals surface area contributed by atoms with Gasteiger partial charge in [0.1, 0.15) is 5.82 Å². The predicted octanol–water partition coefficient (Wildman–Crippen LogP) is 2.69. The Kier molecular flexibility index (Phi) is 5.06. The van der Waals surface area contributed by atoms with Crippen LogP contribution in [-0.2, 0) is 4.74 Å². The maximum absolute atomic E-state index is 11.7. The molecule has 1 atom stereocenters. The van der Waals surface area contributed by atoms with Crippen molar-refractivity contribution in [3.05, 3.63) is 46.1 Å². The number of rotatable bonds is 3. The number of hydrogen-bond donors (Lipinski definition) is 2. The van der Waals surface area contributed by atoms with E-state index < -0.39 is 5.97 Å². The van der Waals surface area contributed by atoms with E-state index in [1.54, 1.807) is 12.1 Å². The van der Waals surface area contributed by atoms with Crippen molar-refractivity contribution < 1.29 is 14.6 Å². The molecule has 2 heterocycles. The number of halogens is 1. The summed E-state index contributed by atoms with van der Waals surface area (Å²) in [5.41, 5.74) is 7.34. The minimum Gasteiger partial charge on any atom is -0.478 e. The molecule has 0 aliphatic carbocycles. The van der Waals surface area contributed by atoms with Crippen molar-refractivity contribution in [1.29, 1.82) is 0 Å². The lowest BCUT2D eigenvalue weighted by Crippen LogP contribution is -2.32. The molecular formula is C17H19ClN4O3. The SMILES string of the molecule is Cc1cc(N2CCCOCC2c2ccc(Cl)cc2C(=O)O)nc(N)n1. The van der Waals surface area contributed by atoms with Gasteiger partial charge in [-0.1, -0.05) is 17.7 Å². The lowest BCUT2D eigenvalue weighted by atomic mass is 9.99. The molecule has 2 aromatic rings. The summed E-state index contributed by atoms with van der Waals surface area (Å²) in [5, 5.41) is 9.95.